The first-order chi connectivity index (χ1) is 8.50. The smallest absolute Gasteiger partial charge is 0.130 e. The second-order valence-electron chi connectivity index (χ2n) is 5.16. The van der Waals surface area contributed by atoms with Gasteiger partial charge >= 0.3 is 0 Å². The molecule has 1 fully saturated rings. The largest absolute Gasteiger partial charge is 0.392 e. The van der Waals surface area contributed by atoms with Crippen LogP contribution in [0.5, 0.6) is 0 Å². The Balaban J connectivity index is 2.07. The van der Waals surface area contributed by atoms with Gasteiger partial charge < -0.3 is 5.11 Å². The molecule has 100 valence electrons. The highest BCUT2D eigenvalue weighted by molar-refractivity contribution is 5.22. The van der Waals surface area contributed by atoms with Gasteiger partial charge in [-0.05, 0) is 44.9 Å². The van der Waals surface area contributed by atoms with Crippen LogP contribution in [0.15, 0.2) is 18.2 Å². The first-order valence-electron chi connectivity index (χ1n) is 6.33. The summed E-state index contributed by atoms with van der Waals surface area (Å²) in [7, 11) is 1.78. The number of aliphatic hydroxyl groups excluding tert-OH is 1. The van der Waals surface area contributed by atoms with E-state index in [1.54, 1.807) is 18.9 Å². The van der Waals surface area contributed by atoms with E-state index >= 15 is 0 Å². The predicted molar refractivity (Wildman–Crippen MR) is 66.1 cm³/mol. The molecule has 1 aliphatic carbocycles. The molecule has 1 aromatic rings. The van der Waals surface area contributed by atoms with Crippen LogP contribution in [-0.2, 0) is 0 Å². The van der Waals surface area contributed by atoms with Gasteiger partial charge in [-0.1, -0.05) is 6.07 Å². The first kappa shape index (κ1) is 13.4. The van der Waals surface area contributed by atoms with E-state index in [-0.39, 0.29) is 11.6 Å². The van der Waals surface area contributed by atoms with Crippen LogP contribution in [0.25, 0.3) is 0 Å². The molecule has 0 amide bonds. The van der Waals surface area contributed by atoms with Crippen LogP contribution in [0.3, 0.4) is 0 Å². The van der Waals surface area contributed by atoms with E-state index < -0.39 is 17.7 Å². The Morgan fingerprint density at radius 1 is 1.33 bits per heavy atom. The van der Waals surface area contributed by atoms with Crippen molar-refractivity contribution in [3.63, 3.8) is 0 Å². The van der Waals surface area contributed by atoms with Crippen LogP contribution < -0.4 is 0 Å². The molecule has 2 rings (SSSR count). The third-order valence-electron chi connectivity index (χ3n) is 3.72. The molecule has 0 saturated heterocycles. The van der Waals surface area contributed by atoms with Gasteiger partial charge in [-0.25, -0.2) is 8.78 Å². The number of hydrogen-bond acceptors (Lipinski definition) is 2. The molecule has 0 aliphatic heterocycles. The van der Waals surface area contributed by atoms with Gasteiger partial charge in [0.25, 0.3) is 0 Å². The number of hydrogen-bond donors (Lipinski definition) is 1. The summed E-state index contributed by atoms with van der Waals surface area (Å²) in [4.78, 5) is 1.80. The number of benzene rings is 1. The Hall–Kier alpha value is -1.00. The van der Waals surface area contributed by atoms with Crippen molar-refractivity contribution in [3.05, 3.63) is 35.4 Å². The molecule has 2 atom stereocenters. The first-order valence-corrected chi connectivity index (χ1v) is 6.33. The van der Waals surface area contributed by atoms with E-state index in [2.05, 4.69) is 0 Å². The molecule has 0 spiro atoms. The zero-order valence-electron chi connectivity index (χ0n) is 10.7. The van der Waals surface area contributed by atoms with E-state index in [9.17, 15) is 13.9 Å². The van der Waals surface area contributed by atoms with Crippen molar-refractivity contribution >= 4 is 0 Å². The lowest BCUT2D eigenvalue weighted by Crippen LogP contribution is -2.33. The van der Waals surface area contributed by atoms with E-state index in [1.807, 2.05) is 0 Å². The molecule has 2 nitrogen and oxygen atoms in total. The summed E-state index contributed by atoms with van der Waals surface area (Å²) in [5.74, 6) is -0.698. The summed E-state index contributed by atoms with van der Waals surface area (Å²) in [5.41, 5.74) is 0.0722. The lowest BCUT2D eigenvalue weighted by atomic mass is 10.0. The van der Waals surface area contributed by atoms with E-state index in [4.69, 9.17) is 0 Å². The third kappa shape index (κ3) is 2.87. The highest BCUT2D eigenvalue weighted by Gasteiger charge is 2.31. The lowest BCUT2D eigenvalue weighted by Gasteiger charge is -2.27. The minimum absolute atomic E-state index is 0.0722. The maximum absolute atomic E-state index is 13.6. The van der Waals surface area contributed by atoms with Crippen LogP contribution in [0.4, 0.5) is 8.78 Å². The quantitative estimate of drug-likeness (QED) is 0.874. The van der Waals surface area contributed by atoms with Gasteiger partial charge in [0.05, 0.1) is 6.10 Å². The number of nitrogens with zero attached hydrogens (tertiary/aromatic N) is 1. The molecule has 0 heterocycles. The Labute approximate surface area is 106 Å². The van der Waals surface area contributed by atoms with Crippen molar-refractivity contribution in [2.24, 2.45) is 5.92 Å². The zero-order chi connectivity index (χ0) is 13.3. The maximum atomic E-state index is 13.6. The molecule has 0 aromatic heterocycles. The van der Waals surface area contributed by atoms with Crippen LogP contribution >= 0.6 is 0 Å². The lowest BCUT2D eigenvalue weighted by molar-refractivity contribution is 0.0895. The molecule has 2 unspecified atom stereocenters. The Morgan fingerprint density at radius 3 is 2.39 bits per heavy atom. The second-order valence-corrected chi connectivity index (χ2v) is 5.16. The Morgan fingerprint density at radius 2 is 1.89 bits per heavy atom. The molecule has 4 heteroatoms. The predicted octanol–water partition coefficient (Wildman–Crippen LogP) is 2.73. The van der Waals surface area contributed by atoms with Crippen LogP contribution in [0.2, 0.25) is 0 Å². The highest BCUT2D eigenvalue weighted by Crippen LogP contribution is 2.34. The maximum Gasteiger partial charge on any atom is 0.130 e. The molecule has 18 heavy (non-hydrogen) atoms. The third-order valence-corrected chi connectivity index (χ3v) is 3.72. The minimum Gasteiger partial charge on any atom is -0.392 e. The topological polar surface area (TPSA) is 23.5 Å². The highest BCUT2D eigenvalue weighted by atomic mass is 19.1. The van der Waals surface area contributed by atoms with Gasteiger partial charge in [0.15, 0.2) is 0 Å². The van der Waals surface area contributed by atoms with Crippen molar-refractivity contribution in [2.75, 3.05) is 13.6 Å². The Bertz CT molecular complexity index is 400. The summed E-state index contributed by atoms with van der Waals surface area (Å²) in [5, 5.41) is 9.86. The van der Waals surface area contributed by atoms with Crippen LogP contribution in [0.1, 0.15) is 31.4 Å². The van der Waals surface area contributed by atoms with Gasteiger partial charge in [0.2, 0.25) is 0 Å². The fourth-order valence-electron chi connectivity index (χ4n) is 2.21. The van der Waals surface area contributed by atoms with Gasteiger partial charge in [-0.3, -0.25) is 4.90 Å². The van der Waals surface area contributed by atoms with E-state index in [0.717, 1.165) is 12.8 Å². The van der Waals surface area contributed by atoms with Crippen LogP contribution in [0, 0.1) is 17.6 Å². The molecule has 1 N–H and O–H groups in total. The number of rotatable bonds is 5. The van der Waals surface area contributed by atoms with Gasteiger partial charge in [-0.15, -0.1) is 0 Å². The summed E-state index contributed by atoms with van der Waals surface area (Å²) >= 11 is 0. The summed E-state index contributed by atoms with van der Waals surface area (Å²) in [6, 6.07) is 3.50. The van der Waals surface area contributed by atoms with Gasteiger partial charge in [0, 0.05) is 18.2 Å². The van der Waals surface area contributed by atoms with Crippen molar-refractivity contribution in [2.45, 2.75) is 31.9 Å². The fourth-order valence-corrected chi connectivity index (χ4v) is 2.21. The molecule has 1 aromatic carbocycles. The van der Waals surface area contributed by atoms with Gasteiger partial charge in [-0.2, -0.15) is 0 Å². The van der Waals surface area contributed by atoms with E-state index in [0.29, 0.717) is 12.5 Å². The van der Waals surface area contributed by atoms with E-state index in [1.165, 1.54) is 18.2 Å². The molecular weight excluding hydrogens is 236 g/mol. The van der Waals surface area contributed by atoms with Crippen molar-refractivity contribution < 1.29 is 13.9 Å². The molecule has 1 aliphatic rings. The minimum atomic E-state index is -0.532. The molecular formula is C14H19F2NO. The molecule has 0 bridgehead atoms. The fraction of sp³-hybridized carbons (Fsp3) is 0.571. The summed E-state index contributed by atoms with van der Waals surface area (Å²) < 4.78 is 27.3. The number of aliphatic hydroxyl groups is 1. The van der Waals surface area contributed by atoms with Crippen LogP contribution in [-0.4, -0.2) is 29.7 Å². The number of halogens is 2. The summed E-state index contributed by atoms with van der Waals surface area (Å²) in [6.45, 7) is 2.20. The average molecular weight is 255 g/mol. The molecule has 0 radical (unpaired) electrons. The van der Waals surface area contributed by atoms with Crippen molar-refractivity contribution in [3.8, 4) is 0 Å². The average Bonchev–Trinajstić information content (AvgIpc) is 3.12. The standard InChI is InChI=1S/C14H19F2NO/c1-9(14-11(15)4-3-5-12(14)16)17(2)8-13(18)10-6-7-10/h3-5,9-10,13,18H,6-8H2,1-2H3. The monoisotopic (exact) mass is 255 g/mol. The summed E-state index contributed by atoms with van der Waals surface area (Å²) in [6.07, 6.45) is 1.71. The number of likely N-dealkylation sites (N-methyl/N-ethyl adjacent to an activating group) is 1. The van der Waals surface area contributed by atoms with Gasteiger partial charge in [0.1, 0.15) is 11.6 Å². The van der Waals surface area contributed by atoms with Crippen molar-refractivity contribution in [1.82, 2.24) is 4.90 Å². The normalized spacial score (nSPS) is 19.0. The zero-order valence-corrected chi connectivity index (χ0v) is 10.7. The second kappa shape index (κ2) is 5.33. The molecule has 1 saturated carbocycles. The van der Waals surface area contributed by atoms with Crippen molar-refractivity contribution in [1.29, 1.82) is 0 Å². The Kier molecular flexibility index (Phi) is 3.97. The SMILES string of the molecule is CC(c1c(F)cccc1F)N(C)CC(O)C1CC1.